The largest absolute Gasteiger partial charge is 0.378 e. The zero-order valence-corrected chi connectivity index (χ0v) is 15.2. The van der Waals surface area contributed by atoms with Gasteiger partial charge in [0.2, 0.25) is 5.91 Å². The fourth-order valence-corrected chi connectivity index (χ4v) is 3.61. The molecule has 0 bridgehead atoms. The monoisotopic (exact) mass is 346 g/mol. The Balaban J connectivity index is 1.64. The molecule has 7 nitrogen and oxygen atoms in total. The van der Waals surface area contributed by atoms with Gasteiger partial charge in [-0.25, -0.2) is 9.50 Å². The quantitative estimate of drug-likeness (QED) is 0.892. The smallest absolute Gasteiger partial charge is 0.266 e. The Bertz CT molecular complexity index is 816. The van der Waals surface area contributed by atoms with E-state index in [1.165, 1.54) is 6.07 Å². The van der Waals surface area contributed by atoms with Gasteiger partial charge in [-0.05, 0) is 45.6 Å². The first-order valence-electron chi connectivity index (χ1n) is 8.96. The molecule has 2 aromatic rings. The van der Waals surface area contributed by atoms with E-state index >= 15 is 0 Å². The van der Waals surface area contributed by atoms with Gasteiger partial charge in [0.1, 0.15) is 0 Å². The highest BCUT2D eigenvalue weighted by molar-refractivity contribution is 5.76. The molecule has 1 saturated heterocycles. The van der Waals surface area contributed by atoms with E-state index in [4.69, 9.17) is 4.74 Å². The predicted molar refractivity (Wildman–Crippen MR) is 94.8 cm³/mol. The summed E-state index contributed by atoms with van der Waals surface area (Å²) in [5.74, 6) is 0.176. The fraction of sp³-hybridized carbons (Fsp3) is 0.611. The number of amides is 1. The van der Waals surface area contributed by atoms with Gasteiger partial charge in [-0.1, -0.05) is 0 Å². The maximum absolute atomic E-state index is 12.5. The number of carbonyl (C=O) groups is 1. The zero-order chi connectivity index (χ0) is 18.0. The summed E-state index contributed by atoms with van der Waals surface area (Å²) in [4.78, 5) is 30.5. The van der Waals surface area contributed by atoms with Crippen LogP contribution in [0.15, 0.2) is 10.9 Å². The Morgan fingerprint density at radius 3 is 2.76 bits per heavy atom. The highest BCUT2D eigenvalue weighted by Gasteiger charge is 2.23. The van der Waals surface area contributed by atoms with E-state index in [0.717, 1.165) is 49.5 Å². The molecule has 25 heavy (non-hydrogen) atoms. The van der Waals surface area contributed by atoms with Crippen LogP contribution in [0, 0.1) is 13.8 Å². The lowest BCUT2D eigenvalue weighted by atomic mass is 10.0. The van der Waals surface area contributed by atoms with Crippen LogP contribution in [-0.2, 0) is 16.0 Å². The first-order chi connectivity index (χ1) is 12.0. The van der Waals surface area contributed by atoms with Crippen LogP contribution in [0.1, 0.15) is 43.1 Å². The van der Waals surface area contributed by atoms with E-state index in [2.05, 4.69) is 10.1 Å². The molecule has 2 aromatic heterocycles. The average Bonchev–Trinajstić information content (AvgIpc) is 2.96. The van der Waals surface area contributed by atoms with E-state index in [9.17, 15) is 9.59 Å². The number of fused-ring (bicyclic) bond motifs is 1. The van der Waals surface area contributed by atoms with Crippen LogP contribution in [0.2, 0.25) is 0 Å². The molecule has 1 fully saturated rings. The maximum Gasteiger partial charge on any atom is 0.266 e. The van der Waals surface area contributed by atoms with Crippen molar-refractivity contribution in [1.29, 1.82) is 0 Å². The molecule has 0 spiro atoms. The third-order valence-electron chi connectivity index (χ3n) is 4.99. The molecule has 0 aromatic carbocycles. The third kappa shape index (κ3) is 3.76. The van der Waals surface area contributed by atoms with Crippen LogP contribution >= 0.6 is 0 Å². The highest BCUT2D eigenvalue weighted by atomic mass is 16.5. The van der Waals surface area contributed by atoms with Gasteiger partial charge >= 0.3 is 0 Å². The molecule has 3 heterocycles. The number of aromatic nitrogens is 3. The Kier molecular flexibility index (Phi) is 5.22. The van der Waals surface area contributed by atoms with Crippen molar-refractivity contribution in [2.75, 3.05) is 19.7 Å². The van der Waals surface area contributed by atoms with E-state index < -0.39 is 0 Å². The molecule has 1 N–H and O–H groups in total. The van der Waals surface area contributed by atoms with Crippen LogP contribution in [-0.4, -0.2) is 51.2 Å². The molecule has 0 aliphatic carbocycles. The lowest BCUT2D eigenvalue weighted by molar-refractivity contribution is -0.133. The lowest BCUT2D eigenvalue weighted by Crippen LogP contribution is -2.41. The summed E-state index contributed by atoms with van der Waals surface area (Å²) >= 11 is 0. The number of nitrogens with zero attached hydrogens (tertiary/aromatic N) is 3. The van der Waals surface area contributed by atoms with Crippen molar-refractivity contribution in [2.24, 2.45) is 0 Å². The van der Waals surface area contributed by atoms with E-state index in [1.54, 1.807) is 4.52 Å². The minimum atomic E-state index is -0.166. The molecule has 1 amide bonds. The van der Waals surface area contributed by atoms with Gasteiger partial charge in [0.05, 0.1) is 6.10 Å². The number of carbonyl (C=O) groups excluding carboxylic acids is 1. The van der Waals surface area contributed by atoms with Gasteiger partial charge in [-0.3, -0.25) is 14.7 Å². The number of rotatable bonds is 5. The minimum Gasteiger partial charge on any atom is -0.378 e. The van der Waals surface area contributed by atoms with Gasteiger partial charge < -0.3 is 9.64 Å². The number of H-pyrrole nitrogens is 1. The normalized spacial score (nSPS) is 15.9. The SMILES string of the molecule is CCOC1CCN(C(=O)CCc2c(C)nc3cc(=O)[nH]n3c2C)CC1. The number of likely N-dealkylation sites (tertiary alicyclic amines) is 1. The van der Waals surface area contributed by atoms with Crippen molar-refractivity contribution >= 4 is 11.6 Å². The number of aromatic amines is 1. The Morgan fingerprint density at radius 1 is 1.36 bits per heavy atom. The van der Waals surface area contributed by atoms with Gasteiger partial charge in [-0.2, -0.15) is 0 Å². The first kappa shape index (κ1) is 17.7. The van der Waals surface area contributed by atoms with E-state index in [0.29, 0.717) is 18.5 Å². The maximum atomic E-state index is 12.5. The molecule has 7 heteroatoms. The summed E-state index contributed by atoms with van der Waals surface area (Å²) in [6.07, 6.45) is 3.20. The molecular formula is C18H26N4O3. The molecule has 0 atom stereocenters. The van der Waals surface area contributed by atoms with Crippen LogP contribution in [0.5, 0.6) is 0 Å². The van der Waals surface area contributed by atoms with Crippen LogP contribution in [0.4, 0.5) is 0 Å². The van der Waals surface area contributed by atoms with Crippen molar-refractivity contribution in [3.63, 3.8) is 0 Å². The molecule has 0 radical (unpaired) electrons. The second kappa shape index (κ2) is 7.39. The van der Waals surface area contributed by atoms with Crippen molar-refractivity contribution in [3.8, 4) is 0 Å². The standard InChI is InChI=1S/C18H26N4O3/c1-4-25-14-7-9-21(10-8-14)18(24)6-5-15-12(2)19-16-11-17(23)20-22(16)13(15)3/h11,14H,4-10H2,1-3H3,(H,20,23). The number of hydrogen-bond acceptors (Lipinski definition) is 4. The summed E-state index contributed by atoms with van der Waals surface area (Å²) in [7, 11) is 0. The molecule has 136 valence electrons. The van der Waals surface area contributed by atoms with Gasteiger partial charge in [0.15, 0.2) is 5.65 Å². The van der Waals surface area contributed by atoms with E-state index in [1.807, 2.05) is 25.7 Å². The molecular weight excluding hydrogens is 320 g/mol. The van der Waals surface area contributed by atoms with Gasteiger partial charge in [0.25, 0.3) is 5.56 Å². The van der Waals surface area contributed by atoms with Crippen molar-refractivity contribution in [1.82, 2.24) is 19.5 Å². The number of ether oxygens (including phenoxy) is 1. The summed E-state index contributed by atoms with van der Waals surface area (Å²) in [5.41, 5.74) is 3.29. The second-order valence-corrected chi connectivity index (χ2v) is 6.61. The third-order valence-corrected chi connectivity index (χ3v) is 4.99. The van der Waals surface area contributed by atoms with Crippen molar-refractivity contribution in [3.05, 3.63) is 33.4 Å². The number of piperidine rings is 1. The molecule has 1 aliphatic heterocycles. The molecule has 3 rings (SSSR count). The van der Waals surface area contributed by atoms with Crippen molar-refractivity contribution < 1.29 is 9.53 Å². The summed E-state index contributed by atoms with van der Waals surface area (Å²) in [6.45, 7) is 8.15. The lowest BCUT2D eigenvalue weighted by Gasteiger charge is -2.32. The van der Waals surface area contributed by atoms with Crippen LogP contribution < -0.4 is 5.56 Å². The fourth-order valence-electron chi connectivity index (χ4n) is 3.61. The van der Waals surface area contributed by atoms with Crippen LogP contribution in [0.3, 0.4) is 0 Å². The molecule has 0 saturated carbocycles. The number of aryl methyl sites for hydroxylation is 2. The van der Waals surface area contributed by atoms with Gasteiger partial charge in [-0.15, -0.1) is 0 Å². The number of hydrogen-bond donors (Lipinski definition) is 1. The highest BCUT2D eigenvalue weighted by Crippen LogP contribution is 2.18. The summed E-state index contributed by atoms with van der Waals surface area (Å²) in [5, 5.41) is 2.75. The minimum absolute atomic E-state index is 0.166. The summed E-state index contributed by atoms with van der Waals surface area (Å²) < 4.78 is 7.33. The second-order valence-electron chi connectivity index (χ2n) is 6.61. The summed E-state index contributed by atoms with van der Waals surface area (Å²) in [6, 6.07) is 1.48. The zero-order valence-electron chi connectivity index (χ0n) is 15.2. The van der Waals surface area contributed by atoms with Crippen molar-refractivity contribution in [2.45, 2.75) is 52.6 Å². The molecule has 1 aliphatic rings. The average molecular weight is 346 g/mol. The Labute approximate surface area is 147 Å². The Morgan fingerprint density at radius 2 is 2.08 bits per heavy atom. The predicted octanol–water partition coefficient (Wildman–Crippen LogP) is 1.60. The first-order valence-corrected chi connectivity index (χ1v) is 8.96. The van der Waals surface area contributed by atoms with E-state index in [-0.39, 0.29) is 17.6 Å². The number of nitrogens with one attached hydrogen (secondary N) is 1. The Hall–Kier alpha value is -2.15. The molecule has 0 unspecified atom stereocenters. The van der Waals surface area contributed by atoms with Gasteiger partial charge in [0, 0.05) is 43.6 Å². The van der Waals surface area contributed by atoms with Crippen LogP contribution in [0.25, 0.3) is 5.65 Å². The topological polar surface area (TPSA) is 79.7 Å².